The van der Waals surface area contributed by atoms with Gasteiger partial charge in [-0.3, -0.25) is 9.59 Å². The van der Waals surface area contributed by atoms with Crippen molar-refractivity contribution < 1.29 is 9.59 Å². The second kappa shape index (κ2) is 10.2. The topological polar surface area (TPSA) is 90.5 Å². The summed E-state index contributed by atoms with van der Waals surface area (Å²) < 4.78 is 0. The first-order valence-electron chi connectivity index (χ1n) is 11.0. The molecule has 4 rings (SSSR count). The zero-order valence-electron chi connectivity index (χ0n) is 19.4. The highest BCUT2D eigenvalue weighted by atomic mass is 35.5. The van der Waals surface area contributed by atoms with Crippen molar-refractivity contribution in [2.24, 2.45) is 0 Å². The van der Waals surface area contributed by atoms with Crippen LogP contribution in [-0.4, -0.2) is 65.8 Å². The Morgan fingerprint density at radius 1 is 1.12 bits per heavy atom. The van der Waals surface area contributed by atoms with Crippen LogP contribution in [0.5, 0.6) is 0 Å². The number of nitrogens with zero attached hydrogens (tertiary/aromatic N) is 4. The van der Waals surface area contributed by atoms with Gasteiger partial charge < -0.3 is 20.4 Å². The summed E-state index contributed by atoms with van der Waals surface area (Å²) in [6.45, 7) is 1.63. The molecule has 0 saturated carbocycles. The van der Waals surface area contributed by atoms with Gasteiger partial charge >= 0.3 is 0 Å². The monoisotopic (exact) mass is 478 g/mol. The quantitative estimate of drug-likeness (QED) is 0.532. The fraction of sp³-hybridized carbons (Fsp3) is 0.280. The maximum Gasteiger partial charge on any atom is 0.253 e. The number of carbonyl (C=O) groups is 2. The van der Waals surface area contributed by atoms with Gasteiger partial charge in [-0.25, -0.2) is 9.97 Å². The first-order chi connectivity index (χ1) is 16.3. The van der Waals surface area contributed by atoms with Gasteiger partial charge in [-0.1, -0.05) is 11.6 Å². The number of rotatable bonds is 7. The molecule has 0 bridgehead atoms. The Labute approximate surface area is 204 Å². The van der Waals surface area contributed by atoms with Crippen LogP contribution in [0.3, 0.4) is 0 Å². The van der Waals surface area contributed by atoms with Crippen LogP contribution in [-0.2, 0) is 11.2 Å². The fourth-order valence-electron chi connectivity index (χ4n) is 3.79. The molecule has 2 amide bonds. The van der Waals surface area contributed by atoms with E-state index in [4.69, 9.17) is 11.6 Å². The molecular weight excluding hydrogens is 452 g/mol. The lowest BCUT2D eigenvalue weighted by atomic mass is 10.1. The van der Waals surface area contributed by atoms with Crippen molar-refractivity contribution in [2.45, 2.75) is 12.8 Å². The number of hydrogen-bond acceptors (Lipinski definition) is 6. The molecule has 2 aromatic carbocycles. The van der Waals surface area contributed by atoms with Gasteiger partial charge in [0.15, 0.2) is 0 Å². The number of amides is 2. The smallest absolute Gasteiger partial charge is 0.253 e. The standard InChI is InChI=1S/C25H27ClN6O2/c1-31(2)11-4-12-32(3)24(34)16-5-8-19(9-6-16)28-25-27-15-17-13-22(33)29-21-14-18(26)7-10-20(21)23(17)30-25/h5-10,14-15H,4,11-13H2,1-3H3,(H,29,33)(H,27,28,30). The minimum absolute atomic E-state index is 0.0148. The van der Waals surface area contributed by atoms with Gasteiger partial charge in [-0.2, -0.15) is 0 Å². The zero-order valence-corrected chi connectivity index (χ0v) is 20.2. The first-order valence-corrected chi connectivity index (χ1v) is 11.4. The number of carbonyl (C=O) groups excluding carboxylic acids is 2. The van der Waals surface area contributed by atoms with Crippen molar-refractivity contribution in [1.29, 1.82) is 0 Å². The zero-order chi connectivity index (χ0) is 24.2. The molecule has 34 heavy (non-hydrogen) atoms. The van der Waals surface area contributed by atoms with Crippen molar-refractivity contribution in [3.05, 3.63) is 64.8 Å². The molecule has 2 N–H and O–H groups in total. The lowest BCUT2D eigenvalue weighted by Crippen LogP contribution is -2.29. The molecule has 1 aliphatic heterocycles. The molecular formula is C25H27ClN6O2. The number of hydrogen-bond donors (Lipinski definition) is 2. The molecule has 1 aromatic heterocycles. The molecule has 0 atom stereocenters. The molecule has 1 aliphatic rings. The van der Waals surface area contributed by atoms with Crippen LogP contribution in [0.4, 0.5) is 17.3 Å². The summed E-state index contributed by atoms with van der Waals surface area (Å²) in [7, 11) is 5.86. The maximum absolute atomic E-state index is 12.7. The normalized spacial score (nSPS) is 12.4. The summed E-state index contributed by atoms with van der Waals surface area (Å²) in [5, 5.41) is 6.59. The Hall–Kier alpha value is -3.49. The van der Waals surface area contributed by atoms with Crippen LogP contribution in [0, 0.1) is 0 Å². The van der Waals surface area contributed by atoms with E-state index in [2.05, 4.69) is 25.5 Å². The van der Waals surface area contributed by atoms with E-state index in [1.54, 1.807) is 35.4 Å². The SMILES string of the molecule is CN(C)CCCN(C)C(=O)c1ccc(Nc2ncc3c(n2)-c2ccc(Cl)cc2NC(=O)C3)cc1. The lowest BCUT2D eigenvalue weighted by molar-refractivity contribution is -0.115. The highest BCUT2D eigenvalue weighted by Gasteiger charge is 2.21. The van der Waals surface area contributed by atoms with Crippen LogP contribution in [0.25, 0.3) is 11.3 Å². The third-order valence-electron chi connectivity index (χ3n) is 5.56. The maximum atomic E-state index is 12.7. The Balaban J connectivity index is 1.50. The molecule has 0 unspecified atom stereocenters. The average Bonchev–Trinajstić information content (AvgIpc) is 2.93. The third-order valence-corrected chi connectivity index (χ3v) is 5.80. The van der Waals surface area contributed by atoms with Crippen LogP contribution in [0.2, 0.25) is 5.02 Å². The summed E-state index contributed by atoms with van der Waals surface area (Å²) in [6.07, 6.45) is 2.76. The largest absolute Gasteiger partial charge is 0.342 e. The molecule has 176 valence electrons. The summed E-state index contributed by atoms with van der Waals surface area (Å²) in [5.74, 6) is 0.242. The number of nitrogens with one attached hydrogen (secondary N) is 2. The van der Waals surface area contributed by atoms with E-state index in [0.29, 0.717) is 34.5 Å². The Morgan fingerprint density at radius 2 is 1.88 bits per heavy atom. The molecule has 0 aliphatic carbocycles. The van der Waals surface area contributed by atoms with Gasteiger partial charge in [0.25, 0.3) is 5.91 Å². The summed E-state index contributed by atoms with van der Waals surface area (Å²) >= 11 is 6.11. The van der Waals surface area contributed by atoms with Crippen molar-refractivity contribution >= 4 is 40.7 Å². The van der Waals surface area contributed by atoms with Gasteiger partial charge in [0, 0.05) is 47.2 Å². The molecule has 2 heterocycles. The van der Waals surface area contributed by atoms with Crippen LogP contribution >= 0.6 is 11.6 Å². The Bertz CT molecular complexity index is 1210. The van der Waals surface area contributed by atoms with E-state index in [1.807, 2.05) is 39.3 Å². The molecule has 0 spiro atoms. The third kappa shape index (κ3) is 5.52. The molecule has 0 fully saturated rings. The Kier molecular flexibility index (Phi) is 7.09. The van der Waals surface area contributed by atoms with Gasteiger partial charge in [-0.05, 0) is 69.5 Å². The minimum Gasteiger partial charge on any atom is -0.342 e. The lowest BCUT2D eigenvalue weighted by Gasteiger charge is -2.18. The molecule has 3 aromatic rings. The van der Waals surface area contributed by atoms with Gasteiger partial charge in [0.2, 0.25) is 11.9 Å². The highest BCUT2D eigenvalue weighted by Crippen LogP contribution is 2.34. The highest BCUT2D eigenvalue weighted by molar-refractivity contribution is 6.31. The molecule has 0 saturated heterocycles. The fourth-order valence-corrected chi connectivity index (χ4v) is 3.97. The van der Waals surface area contributed by atoms with Crippen molar-refractivity contribution in [2.75, 3.05) is 44.9 Å². The van der Waals surface area contributed by atoms with Gasteiger partial charge in [0.1, 0.15) is 0 Å². The van der Waals surface area contributed by atoms with E-state index >= 15 is 0 Å². The predicted octanol–water partition coefficient (Wildman–Crippen LogP) is 4.06. The summed E-state index contributed by atoms with van der Waals surface area (Å²) in [5.41, 5.74) is 4.20. The van der Waals surface area contributed by atoms with Crippen molar-refractivity contribution in [1.82, 2.24) is 19.8 Å². The molecule has 9 heteroatoms. The number of benzene rings is 2. The van der Waals surface area contributed by atoms with E-state index in [0.717, 1.165) is 29.8 Å². The molecule has 8 nitrogen and oxygen atoms in total. The summed E-state index contributed by atoms with van der Waals surface area (Å²) in [4.78, 5) is 37.8. The molecule has 0 radical (unpaired) electrons. The number of fused-ring (bicyclic) bond motifs is 3. The van der Waals surface area contributed by atoms with Crippen LogP contribution in [0.15, 0.2) is 48.7 Å². The Morgan fingerprint density at radius 3 is 2.62 bits per heavy atom. The van der Waals surface area contributed by atoms with E-state index in [-0.39, 0.29) is 18.2 Å². The number of anilines is 3. The van der Waals surface area contributed by atoms with Gasteiger partial charge in [0.05, 0.1) is 17.8 Å². The van der Waals surface area contributed by atoms with Gasteiger partial charge in [-0.15, -0.1) is 0 Å². The van der Waals surface area contributed by atoms with Crippen molar-refractivity contribution in [3.8, 4) is 11.3 Å². The number of aromatic nitrogens is 2. The number of halogens is 1. The summed E-state index contributed by atoms with van der Waals surface area (Å²) in [6, 6.07) is 12.6. The van der Waals surface area contributed by atoms with E-state index < -0.39 is 0 Å². The second-order valence-electron chi connectivity index (χ2n) is 8.57. The predicted molar refractivity (Wildman–Crippen MR) is 135 cm³/mol. The van der Waals surface area contributed by atoms with Crippen LogP contribution < -0.4 is 10.6 Å². The average molecular weight is 479 g/mol. The van der Waals surface area contributed by atoms with E-state index in [1.165, 1.54) is 0 Å². The van der Waals surface area contributed by atoms with Crippen molar-refractivity contribution in [3.63, 3.8) is 0 Å². The second-order valence-corrected chi connectivity index (χ2v) is 9.00. The first kappa shape index (κ1) is 23.7. The minimum atomic E-state index is -0.140. The van der Waals surface area contributed by atoms with E-state index in [9.17, 15) is 9.59 Å². The van der Waals surface area contributed by atoms with Crippen LogP contribution in [0.1, 0.15) is 22.3 Å².